The molecule has 3 N–H and O–H groups in total. The van der Waals surface area contributed by atoms with Crippen LogP contribution in [-0.4, -0.2) is 29.8 Å². The zero-order valence-corrected chi connectivity index (χ0v) is 16.4. The van der Waals surface area contributed by atoms with Gasteiger partial charge in [0.15, 0.2) is 0 Å². The molecule has 2 aromatic carbocycles. The highest BCUT2D eigenvalue weighted by molar-refractivity contribution is 6.06. The quantitative estimate of drug-likeness (QED) is 0.739. The first-order chi connectivity index (χ1) is 13.1. The van der Waals surface area contributed by atoms with E-state index in [0.29, 0.717) is 11.3 Å². The largest absolute Gasteiger partial charge is 0.350 e. The second kappa shape index (κ2) is 8.65. The van der Waals surface area contributed by atoms with Gasteiger partial charge in [0.1, 0.15) is 5.82 Å². The Labute approximate surface area is 163 Å². The molecule has 0 aliphatic carbocycles. The Morgan fingerprint density at radius 2 is 1.68 bits per heavy atom. The maximum absolute atomic E-state index is 13.8. The highest BCUT2D eigenvalue weighted by Gasteiger charge is 2.16. The number of hydrogen-bond acceptors (Lipinski definition) is 3. The number of benzene rings is 2. The summed E-state index contributed by atoms with van der Waals surface area (Å²) in [6, 6.07) is 10.4. The van der Waals surface area contributed by atoms with E-state index in [-0.39, 0.29) is 23.6 Å². The van der Waals surface area contributed by atoms with Crippen LogP contribution >= 0.6 is 0 Å². The average Bonchev–Trinajstić information content (AvgIpc) is 2.60. The fraction of sp³-hybridized carbons (Fsp3) is 0.286. The van der Waals surface area contributed by atoms with E-state index in [4.69, 9.17) is 0 Å². The lowest BCUT2D eigenvalue weighted by molar-refractivity contribution is -0.121. The molecule has 0 radical (unpaired) electrons. The van der Waals surface area contributed by atoms with E-state index in [9.17, 15) is 18.8 Å². The van der Waals surface area contributed by atoms with Crippen molar-refractivity contribution >= 4 is 23.4 Å². The number of halogens is 1. The van der Waals surface area contributed by atoms with Gasteiger partial charge < -0.3 is 16.0 Å². The second-order valence-corrected chi connectivity index (χ2v) is 7.44. The van der Waals surface area contributed by atoms with Crippen molar-refractivity contribution in [1.29, 1.82) is 0 Å². The molecule has 3 amide bonds. The Balaban J connectivity index is 2.08. The summed E-state index contributed by atoms with van der Waals surface area (Å²) in [6.07, 6.45) is 0. The van der Waals surface area contributed by atoms with E-state index in [0.717, 1.165) is 0 Å². The van der Waals surface area contributed by atoms with E-state index in [2.05, 4.69) is 16.0 Å². The molecule has 0 heterocycles. The lowest BCUT2D eigenvalue weighted by Crippen LogP contribution is -2.45. The third-order valence-corrected chi connectivity index (χ3v) is 3.79. The SMILES string of the molecule is Cc1ccc(C(=O)NCC(=O)NC(C)(C)C)cc1NC(=O)c1ccccc1F. The van der Waals surface area contributed by atoms with Crippen molar-refractivity contribution in [3.05, 3.63) is 65.0 Å². The monoisotopic (exact) mass is 385 g/mol. The maximum Gasteiger partial charge on any atom is 0.258 e. The molecule has 0 saturated carbocycles. The Kier molecular flexibility index (Phi) is 6.51. The lowest BCUT2D eigenvalue weighted by Gasteiger charge is -2.20. The van der Waals surface area contributed by atoms with E-state index in [1.54, 1.807) is 25.1 Å². The van der Waals surface area contributed by atoms with E-state index < -0.39 is 23.2 Å². The van der Waals surface area contributed by atoms with Crippen LogP contribution in [0.4, 0.5) is 10.1 Å². The van der Waals surface area contributed by atoms with Crippen LogP contribution < -0.4 is 16.0 Å². The van der Waals surface area contributed by atoms with E-state index in [1.165, 1.54) is 24.3 Å². The summed E-state index contributed by atoms with van der Waals surface area (Å²) in [5.74, 6) is -1.99. The van der Waals surface area contributed by atoms with E-state index in [1.807, 2.05) is 20.8 Å². The zero-order chi connectivity index (χ0) is 20.9. The molecule has 0 aliphatic rings. The third-order valence-electron chi connectivity index (χ3n) is 3.79. The first-order valence-electron chi connectivity index (χ1n) is 8.82. The topological polar surface area (TPSA) is 87.3 Å². The van der Waals surface area contributed by atoms with Crippen molar-refractivity contribution in [3.8, 4) is 0 Å². The van der Waals surface area contributed by atoms with Crippen LogP contribution in [0.2, 0.25) is 0 Å². The van der Waals surface area contributed by atoms with E-state index >= 15 is 0 Å². The van der Waals surface area contributed by atoms with Crippen LogP contribution in [0.3, 0.4) is 0 Å². The minimum atomic E-state index is -0.628. The fourth-order valence-corrected chi connectivity index (χ4v) is 2.46. The van der Waals surface area contributed by atoms with Gasteiger partial charge in [-0.3, -0.25) is 14.4 Å². The summed E-state index contributed by atoms with van der Waals surface area (Å²) in [6.45, 7) is 7.13. The second-order valence-electron chi connectivity index (χ2n) is 7.44. The summed E-state index contributed by atoms with van der Waals surface area (Å²) in [7, 11) is 0. The molecular formula is C21H24FN3O3. The number of nitrogens with one attached hydrogen (secondary N) is 3. The molecule has 0 spiro atoms. The lowest BCUT2D eigenvalue weighted by atomic mass is 10.1. The highest BCUT2D eigenvalue weighted by atomic mass is 19.1. The van der Waals surface area contributed by atoms with Gasteiger partial charge in [0.2, 0.25) is 5.91 Å². The molecule has 0 fully saturated rings. The molecular weight excluding hydrogens is 361 g/mol. The number of carbonyl (C=O) groups is 3. The first kappa shape index (κ1) is 21.1. The number of anilines is 1. The molecule has 148 valence electrons. The van der Waals surface area contributed by atoms with Crippen LogP contribution in [0.1, 0.15) is 47.1 Å². The molecule has 2 rings (SSSR count). The number of hydrogen-bond donors (Lipinski definition) is 3. The molecule has 0 bridgehead atoms. The van der Waals surface area contributed by atoms with Crippen LogP contribution in [-0.2, 0) is 4.79 Å². The van der Waals surface area contributed by atoms with Gasteiger partial charge >= 0.3 is 0 Å². The third kappa shape index (κ3) is 5.90. The molecule has 6 nitrogen and oxygen atoms in total. The molecule has 2 aromatic rings. The summed E-state index contributed by atoms with van der Waals surface area (Å²) < 4.78 is 13.8. The van der Waals surface area contributed by atoms with Gasteiger partial charge in [-0.2, -0.15) is 0 Å². The Hall–Kier alpha value is -3.22. The van der Waals surface area contributed by atoms with Crippen molar-refractivity contribution in [2.75, 3.05) is 11.9 Å². The molecule has 0 atom stereocenters. The van der Waals surface area contributed by atoms with Gasteiger partial charge in [0.05, 0.1) is 12.1 Å². The van der Waals surface area contributed by atoms with Gasteiger partial charge in [-0.1, -0.05) is 18.2 Å². The summed E-state index contributed by atoms with van der Waals surface area (Å²) >= 11 is 0. The minimum absolute atomic E-state index is 0.0874. The van der Waals surface area contributed by atoms with Gasteiger partial charge in [-0.05, 0) is 57.5 Å². The molecule has 0 aromatic heterocycles. The first-order valence-corrected chi connectivity index (χ1v) is 8.82. The van der Waals surface area contributed by atoms with Crippen molar-refractivity contribution < 1.29 is 18.8 Å². The number of rotatable bonds is 5. The summed E-state index contributed by atoms with van der Waals surface area (Å²) in [5.41, 5.74) is 0.899. The fourth-order valence-electron chi connectivity index (χ4n) is 2.46. The van der Waals surface area contributed by atoms with Gasteiger partial charge in [-0.15, -0.1) is 0 Å². The van der Waals surface area contributed by atoms with Crippen molar-refractivity contribution in [1.82, 2.24) is 10.6 Å². The standard InChI is InChI=1S/C21H24FN3O3/c1-13-9-10-14(19(27)23-12-18(26)25-21(2,3)4)11-17(13)24-20(28)15-7-5-6-8-16(15)22/h5-11H,12H2,1-4H3,(H,23,27)(H,24,28)(H,25,26). The number of aryl methyl sites for hydroxylation is 1. The molecule has 0 saturated heterocycles. The summed E-state index contributed by atoms with van der Waals surface area (Å²) in [5, 5.41) is 7.91. The molecule has 0 unspecified atom stereocenters. The molecule has 28 heavy (non-hydrogen) atoms. The predicted octanol–water partition coefficient (Wildman–Crippen LogP) is 3.03. The predicted molar refractivity (Wildman–Crippen MR) is 106 cm³/mol. The van der Waals surface area contributed by atoms with Crippen molar-refractivity contribution in [2.24, 2.45) is 0 Å². The van der Waals surface area contributed by atoms with Crippen molar-refractivity contribution in [3.63, 3.8) is 0 Å². The van der Waals surface area contributed by atoms with Gasteiger partial charge in [-0.25, -0.2) is 4.39 Å². The van der Waals surface area contributed by atoms with Crippen LogP contribution in [0.15, 0.2) is 42.5 Å². The Morgan fingerprint density at radius 3 is 2.32 bits per heavy atom. The van der Waals surface area contributed by atoms with Crippen LogP contribution in [0.5, 0.6) is 0 Å². The highest BCUT2D eigenvalue weighted by Crippen LogP contribution is 2.19. The Bertz CT molecular complexity index is 904. The molecule has 7 heteroatoms. The zero-order valence-electron chi connectivity index (χ0n) is 16.4. The van der Waals surface area contributed by atoms with Crippen LogP contribution in [0, 0.1) is 12.7 Å². The average molecular weight is 385 g/mol. The minimum Gasteiger partial charge on any atom is -0.350 e. The van der Waals surface area contributed by atoms with Gasteiger partial charge in [0, 0.05) is 16.8 Å². The maximum atomic E-state index is 13.8. The molecule has 0 aliphatic heterocycles. The normalized spacial score (nSPS) is 10.9. The number of carbonyl (C=O) groups excluding carboxylic acids is 3. The van der Waals surface area contributed by atoms with Crippen LogP contribution in [0.25, 0.3) is 0 Å². The Morgan fingerprint density at radius 1 is 1.00 bits per heavy atom. The number of amides is 3. The smallest absolute Gasteiger partial charge is 0.258 e. The summed E-state index contributed by atoms with van der Waals surface area (Å²) in [4.78, 5) is 36.5. The van der Waals surface area contributed by atoms with Gasteiger partial charge in [0.25, 0.3) is 11.8 Å². The van der Waals surface area contributed by atoms with Crippen molar-refractivity contribution in [2.45, 2.75) is 33.2 Å².